The quantitative estimate of drug-likeness (QED) is 0.306. The third kappa shape index (κ3) is 9.91. The summed E-state index contributed by atoms with van der Waals surface area (Å²) in [5.74, 6) is 1.39. The molecule has 158 valence electrons. The maximum Gasteiger partial charge on any atom is 0.213 e. The van der Waals surface area contributed by atoms with Crippen LogP contribution in [0.15, 0.2) is 53.7 Å². The second-order valence-corrected chi connectivity index (χ2v) is 6.36. The summed E-state index contributed by atoms with van der Waals surface area (Å²) in [7, 11) is 1.67. The molecule has 2 aromatic rings. The topological polar surface area (TPSA) is 77.0 Å². The normalized spacial score (nSPS) is 11.3. The van der Waals surface area contributed by atoms with Gasteiger partial charge in [0, 0.05) is 39.1 Å². The van der Waals surface area contributed by atoms with E-state index in [2.05, 4.69) is 20.6 Å². The Morgan fingerprint density at radius 3 is 2.69 bits per heavy atom. The van der Waals surface area contributed by atoms with Crippen molar-refractivity contribution in [2.75, 3.05) is 40.0 Å². The second-order valence-electron chi connectivity index (χ2n) is 6.36. The molecule has 0 aliphatic heterocycles. The SMILES string of the molecule is CCNC(=NCc1ccnc(OCc2ccccc2)c1)NCCCOCCOC. The molecule has 0 radical (unpaired) electrons. The van der Waals surface area contributed by atoms with E-state index in [-0.39, 0.29) is 0 Å². The third-order valence-corrected chi connectivity index (χ3v) is 3.98. The number of ether oxygens (including phenoxy) is 3. The van der Waals surface area contributed by atoms with Crippen LogP contribution in [0.25, 0.3) is 0 Å². The monoisotopic (exact) mass is 400 g/mol. The van der Waals surface area contributed by atoms with Crippen LogP contribution in [0, 0.1) is 0 Å². The number of hydrogen-bond donors (Lipinski definition) is 2. The van der Waals surface area contributed by atoms with Crippen molar-refractivity contribution in [1.82, 2.24) is 15.6 Å². The minimum atomic E-state index is 0.497. The van der Waals surface area contributed by atoms with Gasteiger partial charge in [0.2, 0.25) is 5.88 Å². The van der Waals surface area contributed by atoms with Gasteiger partial charge in [-0.25, -0.2) is 9.98 Å². The fraction of sp³-hybridized carbons (Fsp3) is 0.455. The van der Waals surface area contributed by atoms with Gasteiger partial charge in [0.15, 0.2) is 5.96 Å². The summed E-state index contributed by atoms with van der Waals surface area (Å²) in [5.41, 5.74) is 2.16. The molecule has 2 rings (SSSR count). The molecule has 0 saturated heterocycles. The highest BCUT2D eigenvalue weighted by Gasteiger charge is 2.01. The summed E-state index contributed by atoms with van der Waals surface area (Å²) in [4.78, 5) is 8.93. The predicted octanol–water partition coefficient (Wildman–Crippen LogP) is 2.77. The Morgan fingerprint density at radius 1 is 1.03 bits per heavy atom. The lowest BCUT2D eigenvalue weighted by atomic mass is 10.2. The second kappa shape index (κ2) is 14.4. The molecule has 2 N–H and O–H groups in total. The van der Waals surface area contributed by atoms with E-state index in [1.54, 1.807) is 13.3 Å². The van der Waals surface area contributed by atoms with Gasteiger partial charge in [-0.15, -0.1) is 0 Å². The van der Waals surface area contributed by atoms with Gasteiger partial charge in [-0.3, -0.25) is 0 Å². The van der Waals surface area contributed by atoms with E-state index in [1.807, 2.05) is 49.4 Å². The van der Waals surface area contributed by atoms with E-state index in [1.165, 1.54) is 0 Å². The number of pyridine rings is 1. The van der Waals surface area contributed by atoms with Crippen LogP contribution in [0.5, 0.6) is 5.88 Å². The average Bonchev–Trinajstić information content (AvgIpc) is 2.76. The first-order valence-corrected chi connectivity index (χ1v) is 10.0. The van der Waals surface area contributed by atoms with Crippen LogP contribution in [0.4, 0.5) is 0 Å². The first-order valence-electron chi connectivity index (χ1n) is 10.0. The van der Waals surface area contributed by atoms with E-state index in [9.17, 15) is 0 Å². The van der Waals surface area contributed by atoms with Gasteiger partial charge in [0.25, 0.3) is 0 Å². The van der Waals surface area contributed by atoms with E-state index < -0.39 is 0 Å². The van der Waals surface area contributed by atoms with Crippen molar-refractivity contribution in [3.8, 4) is 5.88 Å². The highest BCUT2D eigenvalue weighted by Crippen LogP contribution is 2.12. The van der Waals surface area contributed by atoms with E-state index in [0.29, 0.717) is 38.9 Å². The number of aromatic nitrogens is 1. The van der Waals surface area contributed by atoms with Crippen LogP contribution in [0.2, 0.25) is 0 Å². The number of methoxy groups -OCH3 is 1. The van der Waals surface area contributed by atoms with Gasteiger partial charge in [0.1, 0.15) is 6.61 Å². The maximum absolute atomic E-state index is 5.79. The molecule has 0 saturated carbocycles. The Kier molecular flexibility index (Phi) is 11.2. The summed E-state index contributed by atoms with van der Waals surface area (Å²) in [6, 6.07) is 13.9. The standard InChI is InChI=1S/C22H32N4O3/c1-3-23-22(25-11-7-13-28-15-14-27-2)26-17-20-10-12-24-21(16-20)29-18-19-8-5-4-6-9-19/h4-6,8-10,12,16H,3,7,11,13-15,17-18H2,1-2H3,(H2,23,25,26). The molecule has 0 aliphatic rings. The third-order valence-electron chi connectivity index (χ3n) is 3.98. The fourth-order valence-electron chi connectivity index (χ4n) is 2.50. The molecule has 0 aliphatic carbocycles. The van der Waals surface area contributed by atoms with Crippen molar-refractivity contribution < 1.29 is 14.2 Å². The number of benzene rings is 1. The highest BCUT2D eigenvalue weighted by molar-refractivity contribution is 5.79. The largest absolute Gasteiger partial charge is 0.473 e. The van der Waals surface area contributed by atoms with Crippen LogP contribution in [-0.2, 0) is 22.6 Å². The Morgan fingerprint density at radius 2 is 1.90 bits per heavy atom. The molecule has 7 nitrogen and oxygen atoms in total. The molecule has 0 amide bonds. The fourth-order valence-corrected chi connectivity index (χ4v) is 2.50. The Balaban J connectivity index is 1.78. The molecule has 0 bridgehead atoms. The Hall–Kier alpha value is -2.64. The number of hydrogen-bond acceptors (Lipinski definition) is 5. The van der Waals surface area contributed by atoms with Crippen molar-refractivity contribution in [1.29, 1.82) is 0 Å². The van der Waals surface area contributed by atoms with Crippen molar-refractivity contribution in [3.63, 3.8) is 0 Å². The van der Waals surface area contributed by atoms with E-state index in [0.717, 1.165) is 36.6 Å². The van der Waals surface area contributed by atoms with E-state index >= 15 is 0 Å². The molecule has 0 atom stereocenters. The van der Waals surface area contributed by atoms with Crippen LogP contribution in [-0.4, -0.2) is 51.0 Å². The lowest BCUT2D eigenvalue weighted by Crippen LogP contribution is -2.38. The molecule has 1 aromatic heterocycles. The minimum absolute atomic E-state index is 0.497. The predicted molar refractivity (Wildman–Crippen MR) is 115 cm³/mol. The van der Waals surface area contributed by atoms with Gasteiger partial charge in [-0.1, -0.05) is 30.3 Å². The summed E-state index contributed by atoms with van der Waals surface area (Å²) >= 11 is 0. The number of nitrogens with one attached hydrogen (secondary N) is 2. The molecular weight excluding hydrogens is 368 g/mol. The maximum atomic E-state index is 5.79. The molecular formula is C22H32N4O3. The summed E-state index contributed by atoms with van der Waals surface area (Å²) in [5, 5.41) is 6.58. The van der Waals surface area contributed by atoms with Crippen LogP contribution in [0.1, 0.15) is 24.5 Å². The first-order chi connectivity index (χ1) is 14.3. The zero-order chi connectivity index (χ0) is 20.6. The highest BCUT2D eigenvalue weighted by atomic mass is 16.5. The van der Waals surface area contributed by atoms with Gasteiger partial charge < -0.3 is 24.8 Å². The smallest absolute Gasteiger partial charge is 0.213 e. The van der Waals surface area contributed by atoms with Crippen LogP contribution in [0.3, 0.4) is 0 Å². The van der Waals surface area contributed by atoms with E-state index in [4.69, 9.17) is 14.2 Å². The Labute approximate surface area is 173 Å². The van der Waals surface area contributed by atoms with Crippen LogP contribution >= 0.6 is 0 Å². The van der Waals surface area contributed by atoms with Crippen molar-refractivity contribution >= 4 is 5.96 Å². The van der Waals surface area contributed by atoms with Crippen molar-refractivity contribution in [2.24, 2.45) is 4.99 Å². The van der Waals surface area contributed by atoms with Crippen molar-refractivity contribution in [3.05, 3.63) is 59.8 Å². The van der Waals surface area contributed by atoms with Gasteiger partial charge in [-0.05, 0) is 30.5 Å². The van der Waals surface area contributed by atoms with Gasteiger partial charge in [-0.2, -0.15) is 0 Å². The summed E-state index contributed by atoms with van der Waals surface area (Å²) < 4.78 is 16.2. The molecule has 0 fully saturated rings. The summed E-state index contributed by atoms with van der Waals surface area (Å²) in [6.45, 7) is 6.64. The summed E-state index contributed by atoms with van der Waals surface area (Å²) in [6.07, 6.45) is 2.66. The number of rotatable bonds is 13. The molecule has 0 spiro atoms. The number of guanidine groups is 1. The molecule has 0 unspecified atom stereocenters. The minimum Gasteiger partial charge on any atom is -0.473 e. The van der Waals surface area contributed by atoms with Crippen molar-refractivity contribution in [2.45, 2.75) is 26.5 Å². The molecule has 7 heteroatoms. The van der Waals surface area contributed by atoms with Gasteiger partial charge >= 0.3 is 0 Å². The molecule has 29 heavy (non-hydrogen) atoms. The van der Waals surface area contributed by atoms with Gasteiger partial charge in [0.05, 0.1) is 19.8 Å². The zero-order valence-electron chi connectivity index (χ0n) is 17.4. The lowest BCUT2D eigenvalue weighted by molar-refractivity contribution is 0.0698. The zero-order valence-corrected chi connectivity index (χ0v) is 17.4. The molecule has 1 heterocycles. The number of nitrogens with zero attached hydrogens (tertiary/aromatic N) is 2. The number of aliphatic imine (C=N–C) groups is 1. The molecule has 1 aromatic carbocycles. The average molecular weight is 401 g/mol. The van der Waals surface area contributed by atoms with Crippen LogP contribution < -0.4 is 15.4 Å². The lowest BCUT2D eigenvalue weighted by Gasteiger charge is -2.11. The Bertz CT molecular complexity index is 710. The first kappa shape index (κ1) is 22.6.